The van der Waals surface area contributed by atoms with E-state index in [0.717, 1.165) is 17.7 Å². The van der Waals surface area contributed by atoms with E-state index in [9.17, 15) is 21.6 Å². The molecule has 2 aromatic carbocycles. The smallest absolute Gasteiger partial charge is 0.263 e. The fourth-order valence-corrected chi connectivity index (χ4v) is 5.55. The number of thioether (sulfide) groups is 1. The molecule has 1 N–H and O–H groups in total. The second-order valence-corrected chi connectivity index (χ2v) is 11.3. The molecule has 0 radical (unpaired) electrons. The van der Waals surface area contributed by atoms with Crippen LogP contribution in [0.3, 0.4) is 0 Å². The Hall–Kier alpha value is -2.46. The van der Waals surface area contributed by atoms with E-state index in [-0.39, 0.29) is 21.8 Å². The van der Waals surface area contributed by atoms with Gasteiger partial charge in [-0.3, -0.25) is 4.72 Å². The van der Waals surface area contributed by atoms with Crippen LogP contribution in [0.4, 0.5) is 19.0 Å². The van der Waals surface area contributed by atoms with E-state index in [2.05, 4.69) is 9.82 Å². The molecule has 32 heavy (non-hydrogen) atoms. The molecule has 0 amide bonds. The van der Waals surface area contributed by atoms with Crippen LogP contribution in [0.15, 0.2) is 53.4 Å². The second kappa shape index (κ2) is 7.84. The van der Waals surface area contributed by atoms with Crippen LogP contribution in [0.1, 0.15) is 43.2 Å². The Morgan fingerprint density at radius 3 is 2.31 bits per heavy atom. The van der Waals surface area contributed by atoms with Gasteiger partial charge in [-0.25, -0.2) is 13.1 Å². The van der Waals surface area contributed by atoms with Crippen molar-refractivity contribution in [3.8, 4) is 5.69 Å². The lowest BCUT2D eigenvalue weighted by Gasteiger charge is -2.19. The van der Waals surface area contributed by atoms with E-state index in [1.54, 1.807) is 23.9 Å². The number of aromatic nitrogens is 2. The average molecular weight is 482 g/mol. The molecule has 5 nitrogen and oxygen atoms in total. The summed E-state index contributed by atoms with van der Waals surface area (Å²) in [6.45, 7) is 6.09. The van der Waals surface area contributed by atoms with Crippen LogP contribution in [-0.4, -0.2) is 18.2 Å². The number of anilines is 1. The number of nitrogens with one attached hydrogen (secondary N) is 1. The number of hydrogen-bond acceptors (Lipinski definition) is 4. The van der Waals surface area contributed by atoms with Crippen molar-refractivity contribution < 1.29 is 21.6 Å². The third-order valence-corrected chi connectivity index (χ3v) is 7.56. The minimum Gasteiger partial charge on any atom is -0.263 e. The molecule has 170 valence electrons. The topological polar surface area (TPSA) is 64.0 Å². The monoisotopic (exact) mass is 481 g/mol. The summed E-state index contributed by atoms with van der Waals surface area (Å²) in [4.78, 5) is 0.0710. The molecule has 0 atom stereocenters. The van der Waals surface area contributed by atoms with E-state index in [1.165, 1.54) is 28.9 Å². The first kappa shape index (κ1) is 22.7. The van der Waals surface area contributed by atoms with E-state index in [4.69, 9.17) is 0 Å². The lowest BCUT2D eigenvalue weighted by Crippen LogP contribution is -2.18. The van der Waals surface area contributed by atoms with Gasteiger partial charge in [0.25, 0.3) is 10.0 Å². The van der Waals surface area contributed by atoms with Crippen molar-refractivity contribution in [2.45, 2.75) is 48.8 Å². The largest absolute Gasteiger partial charge is 0.416 e. The summed E-state index contributed by atoms with van der Waals surface area (Å²) in [5.74, 6) is 1.26. The molecule has 1 aliphatic rings. The van der Waals surface area contributed by atoms with Gasteiger partial charge in [0, 0.05) is 17.1 Å². The first-order valence-corrected chi connectivity index (χ1v) is 12.5. The zero-order valence-corrected chi connectivity index (χ0v) is 19.3. The van der Waals surface area contributed by atoms with Crippen molar-refractivity contribution in [1.82, 2.24) is 9.78 Å². The molecule has 1 aromatic heterocycles. The number of fused-ring (bicyclic) bond motifs is 1. The number of halogens is 3. The Morgan fingerprint density at radius 1 is 1.00 bits per heavy atom. The third kappa shape index (κ3) is 4.38. The molecule has 10 heteroatoms. The highest BCUT2D eigenvalue weighted by Gasteiger charge is 2.32. The summed E-state index contributed by atoms with van der Waals surface area (Å²) in [5, 5.41) is 4.41. The number of hydrogen-bond donors (Lipinski definition) is 1. The summed E-state index contributed by atoms with van der Waals surface area (Å²) in [6.07, 6.45) is -4.52. The summed E-state index contributed by atoms with van der Waals surface area (Å²) >= 11 is 1.57. The van der Waals surface area contributed by atoms with E-state index >= 15 is 0 Å². The van der Waals surface area contributed by atoms with Gasteiger partial charge >= 0.3 is 6.18 Å². The predicted molar refractivity (Wildman–Crippen MR) is 120 cm³/mol. The molecular formula is C22H22F3N3O2S2. The summed E-state index contributed by atoms with van der Waals surface area (Å²) in [6, 6.07) is 11.3. The van der Waals surface area contributed by atoms with Gasteiger partial charge in [0.15, 0.2) is 0 Å². The molecule has 2 heterocycles. The highest BCUT2D eigenvalue weighted by atomic mass is 32.2. The van der Waals surface area contributed by atoms with Gasteiger partial charge in [-0.2, -0.15) is 30.0 Å². The molecule has 0 bridgehead atoms. The number of nitrogens with zero attached hydrogens (tertiary/aromatic N) is 2. The van der Waals surface area contributed by atoms with Crippen LogP contribution in [0.5, 0.6) is 0 Å². The molecule has 4 rings (SSSR count). The van der Waals surface area contributed by atoms with Gasteiger partial charge in [-0.1, -0.05) is 39.0 Å². The third-order valence-electron chi connectivity index (χ3n) is 5.23. The fourth-order valence-electron chi connectivity index (χ4n) is 3.44. The van der Waals surface area contributed by atoms with Gasteiger partial charge in [0.2, 0.25) is 0 Å². The van der Waals surface area contributed by atoms with E-state index < -0.39 is 21.8 Å². The van der Waals surface area contributed by atoms with E-state index in [0.29, 0.717) is 22.8 Å². The molecule has 0 saturated carbocycles. The number of alkyl halides is 3. The van der Waals surface area contributed by atoms with Crippen molar-refractivity contribution in [2.75, 3.05) is 4.72 Å². The van der Waals surface area contributed by atoms with Crippen LogP contribution in [0, 0.1) is 0 Å². The lowest BCUT2D eigenvalue weighted by atomic mass is 9.87. The Bertz CT molecular complexity index is 1260. The Labute approximate surface area is 189 Å². The van der Waals surface area contributed by atoms with E-state index in [1.807, 2.05) is 20.8 Å². The highest BCUT2D eigenvalue weighted by molar-refractivity contribution is 7.98. The van der Waals surface area contributed by atoms with Gasteiger partial charge in [0.1, 0.15) is 5.82 Å². The summed E-state index contributed by atoms with van der Waals surface area (Å²) in [7, 11) is -3.98. The number of benzene rings is 2. The fraction of sp³-hybridized carbons (Fsp3) is 0.318. The zero-order valence-electron chi connectivity index (χ0n) is 17.7. The molecule has 0 fully saturated rings. The van der Waals surface area contributed by atoms with Crippen molar-refractivity contribution >= 4 is 27.6 Å². The van der Waals surface area contributed by atoms with Crippen molar-refractivity contribution in [3.63, 3.8) is 0 Å². The summed E-state index contributed by atoms with van der Waals surface area (Å²) in [5.41, 5.74) is 1.51. The molecule has 3 aromatic rings. The Morgan fingerprint density at radius 2 is 1.69 bits per heavy atom. The highest BCUT2D eigenvalue weighted by Crippen LogP contribution is 2.38. The van der Waals surface area contributed by atoms with Crippen LogP contribution < -0.4 is 4.72 Å². The molecule has 0 saturated heterocycles. The van der Waals surface area contributed by atoms with Crippen LogP contribution >= 0.6 is 11.8 Å². The molecular weight excluding hydrogens is 459 g/mol. The van der Waals surface area contributed by atoms with Crippen molar-refractivity contribution in [2.24, 2.45) is 0 Å². The molecule has 0 unspecified atom stereocenters. The maximum Gasteiger partial charge on any atom is 0.416 e. The van der Waals surface area contributed by atoms with Gasteiger partial charge in [-0.15, -0.1) is 0 Å². The maximum atomic E-state index is 13.2. The molecule has 0 spiro atoms. The first-order chi connectivity index (χ1) is 14.9. The average Bonchev–Trinajstić information content (AvgIpc) is 3.29. The standard InChI is InChI=1S/C22H22F3N3O2S2/c1-21(2,3)14-7-9-17(10-8-14)32(29,30)27-20-18-12-31-13-19(18)26-28(20)16-6-4-5-15(11-16)22(23,24)25/h4-11,27H,12-13H2,1-3H3. The zero-order chi connectivity index (χ0) is 23.3. The predicted octanol–water partition coefficient (Wildman–Crippen LogP) is 5.74. The first-order valence-electron chi connectivity index (χ1n) is 9.86. The van der Waals surface area contributed by atoms with Gasteiger partial charge < -0.3 is 0 Å². The quantitative estimate of drug-likeness (QED) is 0.516. The van der Waals surface area contributed by atoms with Crippen molar-refractivity contribution in [3.05, 3.63) is 70.9 Å². The minimum absolute atomic E-state index is 0.0710. The SMILES string of the molecule is CC(C)(C)c1ccc(S(=O)(=O)Nc2c3c(nn2-c2cccc(C(F)(F)F)c2)CSC3)cc1. The molecule has 0 aliphatic carbocycles. The van der Waals surface area contributed by atoms with Crippen LogP contribution in [-0.2, 0) is 33.1 Å². The van der Waals surface area contributed by atoms with Crippen LogP contribution in [0.2, 0.25) is 0 Å². The number of rotatable bonds is 4. The minimum atomic E-state index is -4.52. The Kier molecular flexibility index (Phi) is 5.57. The van der Waals surface area contributed by atoms with Gasteiger partial charge in [0.05, 0.1) is 21.8 Å². The Balaban J connectivity index is 1.75. The second-order valence-electron chi connectivity index (χ2n) is 8.61. The normalized spacial score (nSPS) is 14.4. The lowest BCUT2D eigenvalue weighted by molar-refractivity contribution is -0.137. The van der Waals surface area contributed by atoms with Gasteiger partial charge in [-0.05, 0) is 41.3 Å². The number of sulfonamides is 1. The summed E-state index contributed by atoms with van der Waals surface area (Å²) < 4.78 is 69.7. The molecule has 1 aliphatic heterocycles. The van der Waals surface area contributed by atoms with Crippen LogP contribution in [0.25, 0.3) is 5.69 Å². The maximum absolute atomic E-state index is 13.2. The van der Waals surface area contributed by atoms with Crippen molar-refractivity contribution in [1.29, 1.82) is 0 Å².